The van der Waals surface area contributed by atoms with Crippen LogP contribution in [-0.4, -0.2) is 16.6 Å². The van der Waals surface area contributed by atoms with E-state index in [-0.39, 0.29) is 0 Å². The molecule has 0 aromatic carbocycles. The lowest BCUT2D eigenvalue weighted by Crippen LogP contribution is -2.23. The van der Waals surface area contributed by atoms with Crippen LogP contribution < -0.4 is 5.32 Å². The maximum absolute atomic E-state index is 4.26. The Bertz CT molecular complexity index is 331. The van der Waals surface area contributed by atoms with Gasteiger partial charge in [0.1, 0.15) is 0 Å². The van der Waals surface area contributed by atoms with Crippen molar-refractivity contribution < 1.29 is 0 Å². The summed E-state index contributed by atoms with van der Waals surface area (Å²) < 4.78 is 4.12. The molecule has 1 unspecified atom stereocenters. The van der Waals surface area contributed by atoms with Crippen molar-refractivity contribution >= 4 is 11.5 Å². The van der Waals surface area contributed by atoms with Gasteiger partial charge < -0.3 is 5.32 Å². The number of rotatable bonds is 5. The first kappa shape index (κ1) is 12.0. The first-order chi connectivity index (χ1) is 7.72. The van der Waals surface area contributed by atoms with Crippen LogP contribution in [0.25, 0.3) is 0 Å². The van der Waals surface area contributed by atoms with Gasteiger partial charge in [-0.25, -0.2) is 0 Å². The lowest BCUT2D eigenvalue weighted by Gasteiger charge is -2.29. The molecule has 90 valence electrons. The summed E-state index contributed by atoms with van der Waals surface area (Å²) in [7, 11) is 2.05. The van der Waals surface area contributed by atoms with Crippen LogP contribution in [0.4, 0.5) is 0 Å². The minimum absolute atomic E-state index is 0.461. The van der Waals surface area contributed by atoms with Gasteiger partial charge in [-0.2, -0.15) is 0 Å². The number of aromatic nitrogens is 2. The summed E-state index contributed by atoms with van der Waals surface area (Å²) in [5, 5.41) is 7.69. The van der Waals surface area contributed by atoms with Crippen molar-refractivity contribution in [3.8, 4) is 0 Å². The van der Waals surface area contributed by atoms with Crippen molar-refractivity contribution in [2.24, 2.45) is 5.92 Å². The average Bonchev–Trinajstić information content (AvgIpc) is 2.65. The molecule has 1 heterocycles. The summed E-state index contributed by atoms with van der Waals surface area (Å²) in [6.45, 7) is 4.38. The van der Waals surface area contributed by atoms with Crippen molar-refractivity contribution in [2.45, 2.75) is 51.5 Å². The van der Waals surface area contributed by atoms with Crippen molar-refractivity contribution in [3.05, 3.63) is 10.6 Å². The van der Waals surface area contributed by atoms with Gasteiger partial charge in [0.05, 0.1) is 10.6 Å². The zero-order chi connectivity index (χ0) is 11.5. The molecule has 0 radical (unpaired) electrons. The van der Waals surface area contributed by atoms with Crippen LogP contribution in [0.3, 0.4) is 0 Å². The zero-order valence-corrected chi connectivity index (χ0v) is 11.2. The third kappa shape index (κ3) is 2.43. The van der Waals surface area contributed by atoms with Gasteiger partial charge in [-0.1, -0.05) is 37.6 Å². The lowest BCUT2D eigenvalue weighted by molar-refractivity contribution is 0.266. The molecule has 1 aromatic heterocycles. The van der Waals surface area contributed by atoms with E-state index >= 15 is 0 Å². The molecule has 1 fully saturated rings. The van der Waals surface area contributed by atoms with Gasteiger partial charge in [-0.05, 0) is 36.8 Å². The molecule has 0 spiro atoms. The second-order valence-electron chi connectivity index (χ2n) is 5.05. The predicted molar refractivity (Wildman–Crippen MR) is 67.8 cm³/mol. The Morgan fingerprint density at radius 1 is 1.44 bits per heavy atom. The Morgan fingerprint density at radius 3 is 2.69 bits per heavy atom. The maximum atomic E-state index is 4.26. The Balaban J connectivity index is 2.08. The van der Waals surface area contributed by atoms with Gasteiger partial charge in [0.15, 0.2) is 0 Å². The van der Waals surface area contributed by atoms with Crippen LogP contribution in [0.15, 0.2) is 0 Å². The fourth-order valence-electron chi connectivity index (χ4n) is 2.26. The minimum Gasteiger partial charge on any atom is -0.312 e. The normalized spacial score (nSPS) is 18.8. The Labute approximate surface area is 102 Å². The molecular weight excluding hydrogens is 218 g/mol. The molecule has 0 aliphatic heterocycles. The fraction of sp³-hybridized carbons (Fsp3) is 0.833. The van der Waals surface area contributed by atoms with Crippen molar-refractivity contribution in [1.82, 2.24) is 14.9 Å². The summed E-state index contributed by atoms with van der Waals surface area (Å²) in [5.74, 6) is 1.39. The van der Waals surface area contributed by atoms with E-state index in [1.54, 1.807) is 11.5 Å². The average molecular weight is 239 g/mol. The molecule has 1 saturated carbocycles. The predicted octanol–water partition coefficient (Wildman–Crippen LogP) is 3.11. The second-order valence-corrected chi connectivity index (χ2v) is 5.84. The summed E-state index contributed by atoms with van der Waals surface area (Å²) in [6.07, 6.45) is 5.47. The van der Waals surface area contributed by atoms with Gasteiger partial charge in [-0.3, -0.25) is 0 Å². The van der Waals surface area contributed by atoms with Crippen LogP contribution in [0.5, 0.6) is 0 Å². The summed E-state index contributed by atoms with van der Waals surface area (Å²) in [5.41, 5.74) is 1.18. The molecule has 1 aromatic rings. The summed E-state index contributed by atoms with van der Waals surface area (Å²) >= 11 is 1.56. The highest BCUT2D eigenvalue weighted by Crippen LogP contribution is 2.37. The SMILES string of the molecule is CNC(CC1CCC1)c1snnc1C(C)C. The molecule has 0 bridgehead atoms. The molecule has 4 heteroatoms. The molecule has 1 aliphatic carbocycles. The summed E-state index contributed by atoms with van der Waals surface area (Å²) in [4.78, 5) is 1.35. The highest BCUT2D eigenvalue weighted by Gasteiger charge is 2.26. The number of nitrogens with zero attached hydrogens (tertiary/aromatic N) is 2. The van der Waals surface area contributed by atoms with E-state index in [1.165, 1.54) is 36.3 Å². The number of nitrogens with one attached hydrogen (secondary N) is 1. The second kappa shape index (κ2) is 5.23. The van der Waals surface area contributed by atoms with Crippen LogP contribution in [0, 0.1) is 5.92 Å². The van der Waals surface area contributed by atoms with E-state index in [4.69, 9.17) is 0 Å². The highest BCUT2D eigenvalue weighted by molar-refractivity contribution is 7.05. The van der Waals surface area contributed by atoms with Gasteiger partial charge in [0.25, 0.3) is 0 Å². The lowest BCUT2D eigenvalue weighted by atomic mass is 9.80. The first-order valence-corrected chi connectivity index (χ1v) is 6.99. The van der Waals surface area contributed by atoms with E-state index in [2.05, 4.69) is 28.8 Å². The van der Waals surface area contributed by atoms with Crippen molar-refractivity contribution in [1.29, 1.82) is 0 Å². The molecule has 0 saturated heterocycles. The van der Waals surface area contributed by atoms with Crippen molar-refractivity contribution in [3.63, 3.8) is 0 Å². The van der Waals surface area contributed by atoms with Gasteiger partial charge >= 0.3 is 0 Å². The van der Waals surface area contributed by atoms with E-state index < -0.39 is 0 Å². The Hall–Kier alpha value is -0.480. The van der Waals surface area contributed by atoms with Gasteiger partial charge in [-0.15, -0.1) is 5.10 Å². The van der Waals surface area contributed by atoms with Crippen LogP contribution in [0.2, 0.25) is 0 Å². The molecule has 1 N–H and O–H groups in total. The highest BCUT2D eigenvalue weighted by atomic mass is 32.1. The third-order valence-electron chi connectivity index (χ3n) is 3.55. The largest absolute Gasteiger partial charge is 0.312 e. The molecule has 1 atom stereocenters. The Morgan fingerprint density at radius 2 is 2.19 bits per heavy atom. The van der Waals surface area contributed by atoms with Crippen LogP contribution >= 0.6 is 11.5 Å². The van der Waals surface area contributed by atoms with Gasteiger partial charge in [0.2, 0.25) is 0 Å². The monoisotopic (exact) mass is 239 g/mol. The van der Waals surface area contributed by atoms with Crippen molar-refractivity contribution in [2.75, 3.05) is 7.05 Å². The minimum atomic E-state index is 0.461. The standard InChI is InChI=1S/C12H21N3S/c1-8(2)11-12(16-15-14-11)10(13-3)7-9-5-4-6-9/h8-10,13H,4-7H2,1-3H3. The molecule has 0 amide bonds. The van der Waals surface area contributed by atoms with E-state index in [0.29, 0.717) is 12.0 Å². The molecule has 2 rings (SSSR count). The van der Waals surface area contributed by atoms with E-state index in [0.717, 1.165) is 5.92 Å². The Kier molecular flexibility index (Phi) is 3.92. The quantitative estimate of drug-likeness (QED) is 0.858. The molecule has 3 nitrogen and oxygen atoms in total. The third-order valence-corrected chi connectivity index (χ3v) is 4.40. The smallest absolute Gasteiger partial charge is 0.0829 e. The number of hydrogen-bond donors (Lipinski definition) is 1. The topological polar surface area (TPSA) is 37.8 Å². The zero-order valence-electron chi connectivity index (χ0n) is 10.4. The fourth-order valence-corrected chi connectivity index (χ4v) is 3.19. The molecule has 16 heavy (non-hydrogen) atoms. The van der Waals surface area contributed by atoms with Crippen LogP contribution in [-0.2, 0) is 0 Å². The molecular formula is C12H21N3S. The first-order valence-electron chi connectivity index (χ1n) is 6.21. The summed E-state index contributed by atoms with van der Waals surface area (Å²) in [6, 6.07) is 0.461. The van der Waals surface area contributed by atoms with E-state index in [9.17, 15) is 0 Å². The maximum Gasteiger partial charge on any atom is 0.0829 e. The molecule has 1 aliphatic rings. The van der Waals surface area contributed by atoms with E-state index in [1.807, 2.05) is 7.05 Å². The van der Waals surface area contributed by atoms with Crippen LogP contribution in [0.1, 0.15) is 62.1 Å². The van der Waals surface area contributed by atoms with Gasteiger partial charge in [0, 0.05) is 6.04 Å². The number of hydrogen-bond acceptors (Lipinski definition) is 4.